The predicted molar refractivity (Wildman–Crippen MR) is 94.3 cm³/mol. The molecule has 2 aromatic rings. The number of nitrogens with one attached hydrogen (secondary N) is 1. The zero-order valence-electron chi connectivity index (χ0n) is 12.1. The van der Waals surface area contributed by atoms with Gasteiger partial charge in [0.15, 0.2) is 12.4 Å². The molecule has 0 aromatic heterocycles. The summed E-state index contributed by atoms with van der Waals surface area (Å²) in [6.45, 7) is 1.74. The van der Waals surface area contributed by atoms with Crippen molar-refractivity contribution in [2.24, 2.45) is 0 Å². The number of rotatable bonds is 6. The number of anilines is 1. The van der Waals surface area contributed by atoms with Gasteiger partial charge in [-0.25, -0.2) is 0 Å². The quantitative estimate of drug-likeness (QED) is 0.582. The van der Waals surface area contributed by atoms with Crippen LogP contribution in [0.3, 0.4) is 0 Å². The predicted octanol–water partition coefficient (Wildman–Crippen LogP) is 3.90. The minimum Gasteiger partial charge on any atom is -0.484 e. The van der Waals surface area contributed by atoms with Crippen molar-refractivity contribution in [3.8, 4) is 5.75 Å². The van der Waals surface area contributed by atoms with Crippen LogP contribution in [-0.2, 0) is 4.79 Å². The Bertz CT molecular complexity index is 668. The summed E-state index contributed by atoms with van der Waals surface area (Å²) < 4.78 is 6.46. The molecule has 0 atom stereocenters. The molecule has 0 aliphatic heterocycles. The van der Waals surface area contributed by atoms with Gasteiger partial charge in [-0.05, 0) is 65.1 Å². The van der Waals surface area contributed by atoms with Crippen LogP contribution in [-0.4, -0.2) is 18.3 Å². The van der Waals surface area contributed by atoms with E-state index >= 15 is 0 Å². The normalized spacial score (nSPS) is 10.1. The molecule has 0 saturated heterocycles. The molecule has 0 unspecified atom stereocenters. The maximum atomic E-state index is 11.8. The molecule has 1 N–H and O–H groups in total. The highest BCUT2D eigenvalue weighted by Gasteiger charge is 2.06. The zero-order chi connectivity index (χ0) is 15.9. The van der Waals surface area contributed by atoms with E-state index in [9.17, 15) is 9.59 Å². The molecule has 0 aliphatic rings. The maximum absolute atomic E-state index is 11.8. The van der Waals surface area contributed by atoms with Crippen LogP contribution < -0.4 is 10.1 Å². The van der Waals surface area contributed by atoms with Crippen molar-refractivity contribution in [1.82, 2.24) is 0 Å². The highest BCUT2D eigenvalue weighted by molar-refractivity contribution is 14.1. The van der Waals surface area contributed by atoms with E-state index in [2.05, 4.69) is 27.9 Å². The Labute approximate surface area is 143 Å². The van der Waals surface area contributed by atoms with Crippen molar-refractivity contribution < 1.29 is 14.3 Å². The average Bonchev–Trinajstić information content (AvgIpc) is 2.52. The van der Waals surface area contributed by atoms with E-state index < -0.39 is 0 Å². The molecule has 4 nitrogen and oxygen atoms in total. The number of halogens is 1. The lowest BCUT2D eigenvalue weighted by atomic mass is 10.1. The number of amides is 1. The van der Waals surface area contributed by atoms with Gasteiger partial charge >= 0.3 is 0 Å². The van der Waals surface area contributed by atoms with Gasteiger partial charge in [-0.2, -0.15) is 0 Å². The van der Waals surface area contributed by atoms with Crippen molar-refractivity contribution in [2.45, 2.75) is 13.3 Å². The summed E-state index contributed by atoms with van der Waals surface area (Å²) in [7, 11) is 0. The van der Waals surface area contributed by atoms with E-state index in [1.165, 1.54) is 0 Å². The second-order valence-corrected chi connectivity index (χ2v) is 5.89. The Morgan fingerprint density at radius 1 is 1.14 bits per heavy atom. The molecule has 114 valence electrons. The number of hydrogen-bond acceptors (Lipinski definition) is 3. The monoisotopic (exact) mass is 409 g/mol. The van der Waals surface area contributed by atoms with Crippen LogP contribution in [0.2, 0.25) is 0 Å². The standard InChI is InChI=1S/C17H16INO3/c1-2-16(20)12-6-8-15(9-7-12)22-11-17(21)19-14-5-3-4-13(18)10-14/h3-10H,2,11H2,1H3,(H,19,21). The second kappa shape index (κ2) is 7.93. The third kappa shape index (κ3) is 4.84. The molecule has 5 heteroatoms. The summed E-state index contributed by atoms with van der Waals surface area (Å²) in [5, 5.41) is 2.77. The van der Waals surface area contributed by atoms with Crippen molar-refractivity contribution in [2.75, 3.05) is 11.9 Å². The lowest BCUT2D eigenvalue weighted by Crippen LogP contribution is -2.20. The fraction of sp³-hybridized carbons (Fsp3) is 0.176. The Kier molecular flexibility index (Phi) is 5.94. The van der Waals surface area contributed by atoms with Crippen LogP contribution in [0.1, 0.15) is 23.7 Å². The van der Waals surface area contributed by atoms with E-state index in [0.717, 1.165) is 9.26 Å². The SMILES string of the molecule is CCC(=O)c1ccc(OCC(=O)Nc2cccc(I)c2)cc1. The molecule has 0 radical (unpaired) electrons. The third-order valence-corrected chi connectivity index (χ3v) is 3.65. The van der Waals surface area contributed by atoms with Crippen LogP contribution in [0.5, 0.6) is 5.75 Å². The Hall–Kier alpha value is -1.89. The Balaban J connectivity index is 1.87. The van der Waals surface area contributed by atoms with E-state index in [1.54, 1.807) is 24.3 Å². The smallest absolute Gasteiger partial charge is 0.262 e. The van der Waals surface area contributed by atoms with E-state index in [-0.39, 0.29) is 18.3 Å². The first-order chi connectivity index (χ1) is 10.6. The summed E-state index contributed by atoms with van der Waals surface area (Å²) in [6.07, 6.45) is 0.471. The number of carbonyl (C=O) groups is 2. The van der Waals surface area contributed by atoms with Crippen LogP contribution in [0.25, 0.3) is 0 Å². The molecule has 0 aliphatic carbocycles. The van der Waals surface area contributed by atoms with Crippen molar-refractivity contribution in [1.29, 1.82) is 0 Å². The van der Waals surface area contributed by atoms with Gasteiger partial charge in [0.05, 0.1) is 0 Å². The van der Waals surface area contributed by atoms with Crippen molar-refractivity contribution in [3.63, 3.8) is 0 Å². The molecular formula is C17H16INO3. The van der Waals surface area contributed by atoms with Gasteiger partial charge in [0, 0.05) is 21.2 Å². The largest absolute Gasteiger partial charge is 0.484 e. The van der Waals surface area contributed by atoms with E-state index in [1.807, 2.05) is 31.2 Å². The zero-order valence-corrected chi connectivity index (χ0v) is 14.3. The van der Waals surface area contributed by atoms with Gasteiger partial charge < -0.3 is 10.1 Å². The van der Waals surface area contributed by atoms with Crippen molar-refractivity contribution >= 4 is 40.0 Å². The molecule has 2 aromatic carbocycles. The molecule has 0 saturated carbocycles. The van der Waals surface area contributed by atoms with Crippen LogP contribution >= 0.6 is 22.6 Å². The number of benzene rings is 2. The first-order valence-corrected chi connectivity index (χ1v) is 7.98. The van der Waals surface area contributed by atoms with Gasteiger partial charge in [0.1, 0.15) is 5.75 Å². The number of Topliss-reactive ketones (excluding diaryl/α,β-unsaturated/α-hetero) is 1. The highest BCUT2D eigenvalue weighted by Crippen LogP contribution is 2.14. The molecule has 0 spiro atoms. The average molecular weight is 409 g/mol. The Morgan fingerprint density at radius 2 is 1.86 bits per heavy atom. The first-order valence-electron chi connectivity index (χ1n) is 6.90. The molecule has 0 heterocycles. The topological polar surface area (TPSA) is 55.4 Å². The molecule has 22 heavy (non-hydrogen) atoms. The Morgan fingerprint density at radius 3 is 2.50 bits per heavy atom. The lowest BCUT2D eigenvalue weighted by Gasteiger charge is -2.08. The molecule has 0 bridgehead atoms. The van der Waals surface area contributed by atoms with Crippen LogP contribution in [0.4, 0.5) is 5.69 Å². The van der Waals surface area contributed by atoms with E-state index in [4.69, 9.17) is 4.74 Å². The summed E-state index contributed by atoms with van der Waals surface area (Å²) in [5.41, 5.74) is 1.39. The van der Waals surface area contributed by atoms with Crippen LogP contribution in [0.15, 0.2) is 48.5 Å². The summed E-state index contributed by atoms with van der Waals surface area (Å²) >= 11 is 2.18. The fourth-order valence-corrected chi connectivity index (χ4v) is 2.40. The first kappa shape index (κ1) is 16.5. The molecular weight excluding hydrogens is 393 g/mol. The molecule has 2 rings (SSSR count). The fourth-order valence-electron chi connectivity index (χ4n) is 1.85. The third-order valence-electron chi connectivity index (χ3n) is 2.98. The van der Waals surface area contributed by atoms with E-state index in [0.29, 0.717) is 17.7 Å². The van der Waals surface area contributed by atoms with Gasteiger partial charge in [0.25, 0.3) is 5.91 Å². The second-order valence-electron chi connectivity index (χ2n) is 4.65. The minimum absolute atomic E-state index is 0.0768. The van der Waals surface area contributed by atoms with Gasteiger partial charge in [0.2, 0.25) is 0 Å². The number of ketones is 1. The number of hydrogen-bond donors (Lipinski definition) is 1. The minimum atomic E-state index is -0.226. The summed E-state index contributed by atoms with van der Waals surface area (Å²) in [6, 6.07) is 14.3. The van der Waals surface area contributed by atoms with Gasteiger partial charge in [-0.15, -0.1) is 0 Å². The van der Waals surface area contributed by atoms with Gasteiger partial charge in [-0.3, -0.25) is 9.59 Å². The number of ether oxygens (including phenoxy) is 1. The summed E-state index contributed by atoms with van der Waals surface area (Å²) in [4.78, 5) is 23.3. The molecule has 1 amide bonds. The maximum Gasteiger partial charge on any atom is 0.262 e. The summed E-state index contributed by atoms with van der Waals surface area (Å²) in [5.74, 6) is 0.420. The lowest BCUT2D eigenvalue weighted by molar-refractivity contribution is -0.118. The van der Waals surface area contributed by atoms with Crippen molar-refractivity contribution in [3.05, 3.63) is 57.7 Å². The van der Waals surface area contributed by atoms with Gasteiger partial charge in [-0.1, -0.05) is 13.0 Å². The molecule has 0 fully saturated rings. The number of carbonyl (C=O) groups excluding carboxylic acids is 2. The van der Waals surface area contributed by atoms with Crippen LogP contribution in [0, 0.1) is 3.57 Å². The highest BCUT2D eigenvalue weighted by atomic mass is 127.